The van der Waals surface area contributed by atoms with E-state index in [4.69, 9.17) is 10.2 Å². The van der Waals surface area contributed by atoms with E-state index in [0.717, 1.165) is 26.8 Å². The normalized spacial score (nSPS) is 12.3. The van der Waals surface area contributed by atoms with Crippen molar-refractivity contribution in [3.63, 3.8) is 0 Å². The van der Waals surface area contributed by atoms with Gasteiger partial charge in [-0.15, -0.1) is 0 Å². The van der Waals surface area contributed by atoms with Crippen molar-refractivity contribution >= 4 is 26.9 Å². The van der Waals surface area contributed by atoms with Gasteiger partial charge in [0.05, 0.1) is 5.54 Å². The first kappa shape index (κ1) is 10.7. The van der Waals surface area contributed by atoms with Crippen LogP contribution in [0.2, 0.25) is 0 Å². The number of fused-ring (bicyclic) bond motifs is 1. The Morgan fingerprint density at radius 1 is 1.33 bits per heavy atom. The molecule has 0 spiro atoms. The molecule has 0 aliphatic heterocycles. The molecule has 2 rings (SSSR count). The van der Waals surface area contributed by atoms with E-state index < -0.39 is 5.54 Å². The Labute approximate surface area is 97.6 Å². The van der Waals surface area contributed by atoms with Crippen molar-refractivity contribution in [3.05, 3.63) is 34.0 Å². The zero-order valence-corrected chi connectivity index (χ0v) is 10.7. The van der Waals surface area contributed by atoms with Gasteiger partial charge in [0.1, 0.15) is 11.3 Å². The smallest absolute Gasteiger partial charge is 0.135 e. The molecule has 0 amide bonds. The van der Waals surface area contributed by atoms with Gasteiger partial charge in [-0.05, 0) is 32.9 Å². The third-order valence-electron chi connectivity index (χ3n) is 2.49. The fourth-order valence-electron chi connectivity index (χ4n) is 1.87. The van der Waals surface area contributed by atoms with Gasteiger partial charge in [0, 0.05) is 15.4 Å². The molecule has 0 aliphatic rings. The quantitative estimate of drug-likeness (QED) is 0.856. The van der Waals surface area contributed by atoms with E-state index in [1.165, 1.54) is 0 Å². The van der Waals surface area contributed by atoms with Crippen LogP contribution in [0.15, 0.2) is 27.1 Å². The monoisotopic (exact) mass is 267 g/mol. The van der Waals surface area contributed by atoms with E-state index in [0.29, 0.717) is 0 Å². The molecule has 0 saturated heterocycles. The summed E-state index contributed by atoms with van der Waals surface area (Å²) < 4.78 is 6.84. The largest absolute Gasteiger partial charge is 0.459 e. The van der Waals surface area contributed by atoms with Gasteiger partial charge in [-0.25, -0.2) is 0 Å². The molecule has 15 heavy (non-hydrogen) atoms. The SMILES string of the molecule is Cc1c(C(C)(C)N)oc2cccc(Br)c12. The molecule has 1 heterocycles. The average molecular weight is 268 g/mol. The molecule has 1 aromatic carbocycles. The number of benzene rings is 1. The summed E-state index contributed by atoms with van der Waals surface area (Å²) in [5.41, 5.74) is 7.62. The molecule has 0 aliphatic carbocycles. The highest BCUT2D eigenvalue weighted by atomic mass is 79.9. The zero-order chi connectivity index (χ0) is 11.2. The summed E-state index contributed by atoms with van der Waals surface area (Å²) in [6.45, 7) is 5.94. The summed E-state index contributed by atoms with van der Waals surface area (Å²) in [6.07, 6.45) is 0. The van der Waals surface area contributed by atoms with Gasteiger partial charge in [-0.1, -0.05) is 22.0 Å². The molecule has 0 saturated carbocycles. The second-order valence-electron chi connectivity index (χ2n) is 4.39. The van der Waals surface area contributed by atoms with Crippen molar-refractivity contribution in [2.45, 2.75) is 26.3 Å². The minimum Gasteiger partial charge on any atom is -0.459 e. The van der Waals surface area contributed by atoms with E-state index in [9.17, 15) is 0 Å². The molecule has 0 fully saturated rings. The van der Waals surface area contributed by atoms with E-state index >= 15 is 0 Å². The number of furan rings is 1. The van der Waals surface area contributed by atoms with Crippen molar-refractivity contribution in [2.24, 2.45) is 5.73 Å². The van der Waals surface area contributed by atoms with E-state index in [1.54, 1.807) is 0 Å². The molecular weight excluding hydrogens is 254 g/mol. The Balaban J connectivity index is 2.82. The van der Waals surface area contributed by atoms with Crippen LogP contribution in [0.3, 0.4) is 0 Å². The van der Waals surface area contributed by atoms with Gasteiger partial charge in [0.25, 0.3) is 0 Å². The lowest BCUT2D eigenvalue weighted by atomic mass is 9.99. The standard InChI is InChI=1S/C12H14BrNO/c1-7-10-8(13)5-4-6-9(10)15-11(7)12(2,3)14/h4-6H,14H2,1-3H3. The highest BCUT2D eigenvalue weighted by molar-refractivity contribution is 9.10. The van der Waals surface area contributed by atoms with Crippen LogP contribution in [-0.4, -0.2) is 0 Å². The molecule has 0 radical (unpaired) electrons. The van der Waals surface area contributed by atoms with Crippen LogP contribution in [0.1, 0.15) is 25.2 Å². The van der Waals surface area contributed by atoms with Crippen molar-refractivity contribution < 1.29 is 4.42 Å². The lowest BCUT2D eigenvalue weighted by Gasteiger charge is -2.16. The summed E-state index contributed by atoms with van der Waals surface area (Å²) >= 11 is 3.53. The maximum Gasteiger partial charge on any atom is 0.135 e. The maximum atomic E-state index is 6.06. The molecule has 2 nitrogen and oxygen atoms in total. The molecule has 0 atom stereocenters. The third kappa shape index (κ3) is 1.70. The molecule has 0 bridgehead atoms. The summed E-state index contributed by atoms with van der Waals surface area (Å²) in [4.78, 5) is 0. The summed E-state index contributed by atoms with van der Waals surface area (Å²) in [5, 5.41) is 1.12. The molecule has 2 aromatic rings. The lowest BCUT2D eigenvalue weighted by molar-refractivity contribution is 0.409. The second kappa shape index (κ2) is 3.35. The second-order valence-corrected chi connectivity index (χ2v) is 5.25. The number of hydrogen-bond acceptors (Lipinski definition) is 2. The first-order valence-corrected chi connectivity index (χ1v) is 5.67. The summed E-state index contributed by atoms with van der Waals surface area (Å²) in [5.74, 6) is 0.851. The molecule has 3 heteroatoms. The Hall–Kier alpha value is -0.800. The van der Waals surface area contributed by atoms with Crippen LogP contribution in [0.5, 0.6) is 0 Å². The van der Waals surface area contributed by atoms with E-state index in [1.807, 2.05) is 39.0 Å². The first-order chi connectivity index (χ1) is 6.91. The van der Waals surface area contributed by atoms with E-state index in [-0.39, 0.29) is 0 Å². The fourth-order valence-corrected chi connectivity index (χ4v) is 2.51. The topological polar surface area (TPSA) is 39.2 Å². The molecule has 1 aromatic heterocycles. The van der Waals surface area contributed by atoms with Crippen molar-refractivity contribution in [1.29, 1.82) is 0 Å². The van der Waals surface area contributed by atoms with Crippen LogP contribution < -0.4 is 5.73 Å². The van der Waals surface area contributed by atoms with Gasteiger partial charge >= 0.3 is 0 Å². The minimum absolute atomic E-state index is 0.442. The Bertz CT molecular complexity index is 508. The lowest BCUT2D eigenvalue weighted by Crippen LogP contribution is -2.28. The fraction of sp³-hybridized carbons (Fsp3) is 0.333. The van der Waals surface area contributed by atoms with Gasteiger partial charge in [0.2, 0.25) is 0 Å². The van der Waals surface area contributed by atoms with Crippen LogP contribution in [0.25, 0.3) is 11.0 Å². The van der Waals surface area contributed by atoms with Crippen LogP contribution >= 0.6 is 15.9 Å². The van der Waals surface area contributed by atoms with Gasteiger partial charge in [-0.2, -0.15) is 0 Å². The Kier molecular flexibility index (Phi) is 2.40. The highest BCUT2D eigenvalue weighted by Crippen LogP contribution is 2.35. The molecule has 2 N–H and O–H groups in total. The van der Waals surface area contributed by atoms with Gasteiger partial charge < -0.3 is 10.2 Å². The Morgan fingerprint density at radius 3 is 2.53 bits per heavy atom. The minimum atomic E-state index is -0.442. The summed E-state index contributed by atoms with van der Waals surface area (Å²) in [6, 6.07) is 5.93. The molecule has 0 unspecified atom stereocenters. The van der Waals surface area contributed by atoms with Crippen molar-refractivity contribution in [3.8, 4) is 0 Å². The molecule has 80 valence electrons. The number of rotatable bonds is 1. The van der Waals surface area contributed by atoms with Crippen LogP contribution in [-0.2, 0) is 5.54 Å². The van der Waals surface area contributed by atoms with Gasteiger partial charge in [-0.3, -0.25) is 0 Å². The average Bonchev–Trinajstić information content (AvgIpc) is 2.44. The van der Waals surface area contributed by atoms with Crippen molar-refractivity contribution in [1.82, 2.24) is 0 Å². The maximum absolute atomic E-state index is 6.06. The van der Waals surface area contributed by atoms with Crippen molar-refractivity contribution in [2.75, 3.05) is 0 Å². The highest BCUT2D eigenvalue weighted by Gasteiger charge is 2.24. The van der Waals surface area contributed by atoms with Crippen LogP contribution in [0.4, 0.5) is 0 Å². The number of nitrogens with two attached hydrogens (primary N) is 1. The van der Waals surface area contributed by atoms with Crippen LogP contribution in [0, 0.1) is 6.92 Å². The number of halogens is 1. The third-order valence-corrected chi connectivity index (χ3v) is 3.15. The molecular formula is C12H14BrNO. The Morgan fingerprint density at radius 2 is 2.00 bits per heavy atom. The predicted octanol–water partition coefficient (Wildman–Crippen LogP) is 3.70. The number of hydrogen-bond donors (Lipinski definition) is 1. The number of aryl methyl sites for hydroxylation is 1. The first-order valence-electron chi connectivity index (χ1n) is 4.88. The zero-order valence-electron chi connectivity index (χ0n) is 9.10. The van der Waals surface area contributed by atoms with Gasteiger partial charge in [0.15, 0.2) is 0 Å². The van der Waals surface area contributed by atoms with E-state index in [2.05, 4.69) is 15.9 Å². The predicted molar refractivity (Wildman–Crippen MR) is 65.9 cm³/mol. The summed E-state index contributed by atoms with van der Waals surface area (Å²) in [7, 11) is 0.